The summed E-state index contributed by atoms with van der Waals surface area (Å²) in [7, 11) is 0. The monoisotopic (exact) mass is 358 g/mol. The normalized spacial score (nSPS) is 16.5. The average molecular weight is 358 g/mol. The molecule has 0 unspecified atom stereocenters. The van der Waals surface area contributed by atoms with E-state index in [1.165, 1.54) is 24.3 Å². The van der Waals surface area contributed by atoms with Gasteiger partial charge in [-0.15, -0.1) is 0 Å². The van der Waals surface area contributed by atoms with Crippen LogP contribution in [0.4, 0.5) is 8.78 Å². The van der Waals surface area contributed by atoms with Gasteiger partial charge in [0.05, 0.1) is 6.04 Å². The average Bonchev–Trinajstić information content (AvgIpc) is 2.68. The summed E-state index contributed by atoms with van der Waals surface area (Å²) in [5, 5.41) is 0. The van der Waals surface area contributed by atoms with E-state index in [0.29, 0.717) is 6.04 Å². The van der Waals surface area contributed by atoms with Gasteiger partial charge in [-0.25, -0.2) is 8.78 Å². The van der Waals surface area contributed by atoms with Gasteiger partial charge < -0.3 is 4.90 Å². The minimum atomic E-state index is -0.231. The molecule has 0 radical (unpaired) electrons. The number of hydrogen-bond acceptors (Lipinski definition) is 2. The Morgan fingerprint density at radius 1 is 0.885 bits per heavy atom. The first-order valence-electron chi connectivity index (χ1n) is 9.61. The molecule has 0 bridgehead atoms. The van der Waals surface area contributed by atoms with Gasteiger partial charge >= 0.3 is 0 Å². The van der Waals surface area contributed by atoms with Crippen molar-refractivity contribution >= 4 is 0 Å². The fourth-order valence-electron chi connectivity index (χ4n) is 4.08. The van der Waals surface area contributed by atoms with Crippen molar-refractivity contribution in [1.29, 1.82) is 0 Å². The fourth-order valence-corrected chi connectivity index (χ4v) is 4.08. The Morgan fingerprint density at radius 3 is 1.73 bits per heavy atom. The van der Waals surface area contributed by atoms with Crippen LogP contribution in [-0.2, 0) is 0 Å². The van der Waals surface area contributed by atoms with Gasteiger partial charge in [0.1, 0.15) is 11.6 Å². The van der Waals surface area contributed by atoms with Gasteiger partial charge in [-0.05, 0) is 74.4 Å². The summed E-state index contributed by atoms with van der Waals surface area (Å²) in [6.45, 7) is 8.59. The Labute approximate surface area is 155 Å². The molecule has 1 heterocycles. The maximum absolute atomic E-state index is 13.5. The third-order valence-corrected chi connectivity index (χ3v) is 5.54. The summed E-state index contributed by atoms with van der Waals surface area (Å²) in [5.74, 6) is -0.461. The van der Waals surface area contributed by atoms with Gasteiger partial charge in [-0.1, -0.05) is 38.1 Å². The number of likely N-dealkylation sites (tertiary alicyclic amines) is 1. The molecule has 140 valence electrons. The zero-order chi connectivity index (χ0) is 18.5. The molecule has 1 aliphatic heterocycles. The van der Waals surface area contributed by atoms with Crippen LogP contribution in [0.3, 0.4) is 0 Å². The number of piperidine rings is 1. The summed E-state index contributed by atoms with van der Waals surface area (Å²) in [5.41, 5.74) is 2.11. The van der Waals surface area contributed by atoms with E-state index in [-0.39, 0.29) is 17.7 Å². The highest BCUT2D eigenvalue weighted by atomic mass is 19.1. The van der Waals surface area contributed by atoms with Crippen LogP contribution in [-0.4, -0.2) is 42.0 Å². The first-order valence-corrected chi connectivity index (χ1v) is 9.61. The van der Waals surface area contributed by atoms with Crippen LogP contribution in [0.5, 0.6) is 0 Å². The molecular weight excluding hydrogens is 330 g/mol. The van der Waals surface area contributed by atoms with Crippen LogP contribution in [0, 0.1) is 11.6 Å². The van der Waals surface area contributed by atoms with Crippen molar-refractivity contribution in [1.82, 2.24) is 9.80 Å². The lowest BCUT2D eigenvalue weighted by Crippen LogP contribution is -2.46. The molecule has 0 N–H and O–H groups in total. The van der Waals surface area contributed by atoms with E-state index in [1.807, 2.05) is 24.3 Å². The van der Waals surface area contributed by atoms with Crippen LogP contribution < -0.4 is 0 Å². The van der Waals surface area contributed by atoms with Gasteiger partial charge in [0.15, 0.2) is 0 Å². The first-order chi connectivity index (χ1) is 12.6. The Kier molecular flexibility index (Phi) is 6.38. The maximum atomic E-state index is 13.5. The number of hydrogen-bond donors (Lipinski definition) is 0. The molecule has 2 aromatic carbocycles. The molecule has 1 fully saturated rings. The maximum Gasteiger partial charge on any atom is 0.123 e. The molecule has 1 aliphatic rings. The molecule has 0 aromatic heterocycles. The minimum Gasteiger partial charge on any atom is -0.303 e. The van der Waals surface area contributed by atoms with Crippen LogP contribution in [0.1, 0.15) is 43.9 Å². The van der Waals surface area contributed by atoms with Gasteiger partial charge in [-0.2, -0.15) is 0 Å². The van der Waals surface area contributed by atoms with E-state index in [4.69, 9.17) is 0 Å². The van der Waals surface area contributed by atoms with Crippen LogP contribution in [0.15, 0.2) is 48.5 Å². The van der Waals surface area contributed by atoms with Crippen molar-refractivity contribution in [2.75, 3.05) is 26.2 Å². The van der Waals surface area contributed by atoms with Crippen molar-refractivity contribution in [3.05, 3.63) is 71.3 Å². The van der Waals surface area contributed by atoms with Gasteiger partial charge in [0.2, 0.25) is 0 Å². The zero-order valence-electron chi connectivity index (χ0n) is 15.7. The van der Waals surface area contributed by atoms with E-state index in [9.17, 15) is 8.78 Å². The molecule has 0 spiro atoms. The quantitative estimate of drug-likeness (QED) is 0.728. The first kappa shape index (κ1) is 19.0. The predicted molar refractivity (Wildman–Crippen MR) is 102 cm³/mol. The molecule has 0 atom stereocenters. The number of rotatable bonds is 6. The molecule has 0 amide bonds. The van der Waals surface area contributed by atoms with Crippen molar-refractivity contribution in [2.45, 2.75) is 38.8 Å². The summed E-state index contributed by atoms with van der Waals surface area (Å²) in [6, 6.07) is 14.0. The third-order valence-electron chi connectivity index (χ3n) is 5.54. The molecule has 26 heavy (non-hydrogen) atoms. The van der Waals surface area contributed by atoms with E-state index >= 15 is 0 Å². The smallest absolute Gasteiger partial charge is 0.123 e. The molecule has 3 rings (SSSR count). The fraction of sp³-hybridized carbons (Fsp3) is 0.455. The van der Waals surface area contributed by atoms with Crippen LogP contribution >= 0.6 is 0 Å². The van der Waals surface area contributed by atoms with Crippen molar-refractivity contribution < 1.29 is 8.78 Å². The van der Waals surface area contributed by atoms with Crippen molar-refractivity contribution in [3.63, 3.8) is 0 Å². The topological polar surface area (TPSA) is 6.48 Å². The van der Waals surface area contributed by atoms with Gasteiger partial charge in [0, 0.05) is 6.04 Å². The standard InChI is InChI=1S/C22H28F2N2/c1-3-25-15-13-21(14-16-25)26(4-2)22(17-5-9-19(23)10-6-17)18-7-11-20(24)12-8-18/h5-12,21-22H,3-4,13-16H2,1-2H3. The van der Waals surface area contributed by atoms with Crippen LogP contribution in [0.2, 0.25) is 0 Å². The van der Waals surface area contributed by atoms with Gasteiger partial charge in [0.25, 0.3) is 0 Å². The molecule has 0 aliphatic carbocycles. The SMILES string of the molecule is CCN1CCC(N(CC)C(c2ccc(F)cc2)c2ccc(F)cc2)CC1. The van der Waals surface area contributed by atoms with E-state index in [1.54, 1.807) is 0 Å². The number of halogens is 2. The van der Waals surface area contributed by atoms with Crippen LogP contribution in [0.25, 0.3) is 0 Å². The Balaban J connectivity index is 1.92. The third kappa shape index (κ3) is 4.30. The Hall–Kier alpha value is -1.78. The van der Waals surface area contributed by atoms with Crippen molar-refractivity contribution in [2.24, 2.45) is 0 Å². The summed E-state index contributed by atoms with van der Waals surface area (Å²) >= 11 is 0. The van der Waals surface area contributed by atoms with E-state index in [2.05, 4.69) is 23.6 Å². The molecular formula is C22H28F2N2. The molecule has 2 nitrogen and oxygen atoms in total. The largest absolute Gasteiger partial charge is 0.303 e. The number of benzene rings is 2. The lowest BCUT2D eigenvalue weighted by Gasteiger charge is -2.42. The highest BCUT2D eigenvalue weighted by Gasteiger charge is 2.30. The second kappa shape index (κ2) is 8.74. The number of nitrogens with zero attached hydrogens (tertiary/aromatic N) is 2. The Morgan fingerprint density at radius 2 is 1.35 bits per heavy atom. The van der Waals surface area contributed by atoms with Gasteiger partial charge in [-0.3, -0.25) is 4.90 Å². The lowest BCUT2D eigenvalue weighted by atomic mass is 9.93. The van der Waals surface area contributed by atoms with E-state index in [0.717, 1.165) is 50.1 Å². The predicted octanol–water partition coefficient (Wildman–Crippen LogP) is 4.86. The second-order valence-corrected chi connectivity index (χ2v) is 7.00. The molecule has 4 heteroatoms. The zero-order valence-corrected chi connectivity index (χ0v) is 15.7. The Bertz CT molecular complexity index is 631. The highest BCUT2D eigenvalue weighted by molar-refractivity contribution is 5.32. The summed E-state index contributed by atoms with van der Waals surface area (Å²) in [4.78, 5) is 4.97. The van der Waals surface area contributed by atoms with E-state index < -0.39 is 0 Å². The minimum absolute atomic E-state index is 0.0133. The van der Waals surface area contributed by atoms with Crippen molar-refractivity contribution in [3.8, 4) is 0 Å². The summed E-state index contributed by atoms with van der Waals surface area (Å²) in [6.07, 6.45) is 2.25. The second-order valence-electron chi connectivity index (χ2n) is 7.00. The lowest BCUT2D eigenvalue weighted by molar-refractivity contribution is 0.0924. The molecule has 1 saturated heterocycles. The highest BCUT2D eigenvalue weighted by Crippen LogP contribution is 2.33. The molecule has 0 saturated carbocycles. The summed E-state index contributed by atoms with van der Waals surface area (Å²) < 4.78 is 26.9. The molecule has 2 aromatic rings.